The molecule has 2 N–H and O–H groups in total. The van der Waals surface area contributed by atoms with Crippen LogP contribution in [0.25, 0.3) is 11.0 Å². The second kappa shape index (κ2) is 7.82. The minimum absolute atomic E-state index is 0.0957. The van der Waals surface area contributed by atoms with Gasteiger partial charge in [-0.1, -0.05) is 42.5 Å². The van der Waals surface area contributed by atoms with Crippen molar-refractivity contribution in [3.63, 3.8) is 0 Å². The number of imidazole rings is 1. The van der Waals surface area contributed by atoms with Gasteiger partial charge in [0, 0.05) is 20.0 Å². The lowest BCUT2D eigenvalue weighted by atomic mass is 9.97. The van der Waals surface area contributed by atoms with E-state index in [2.05, 4.69) is 15.3 Å². The maximum absolute atomic E-state index is 12.8. The molecule has 7 nitrogen and oxygen atoms in total. The van der Waals surface area contributed by atoms with Crippen molar-refractivity contribution in [3.8, 4) is 0 Å². The Labute approximate surface area is 162 Å². The second-order valence-corrected chi connectivity index (χ2v) is 6.83. The lowest BCUT2D eigenvalue weighted by molar-refractivity contribution is -0.162. The number of H-pyrrole nitrogens is 1. The molecule has 0 spiro atoms. The first-order chi connectivity index (χ1) is 13.6. The molecule has 7 heteroatoms. The molecule has 0 bridgehead atoms. The molecule has 2 unspecified atom stereocenters. The van der Waals surface area contributed by atoms with Gasteiger partial charge in [0.1, 0.15) is 12.4 Å². The number of carbonyl (C=O) groups is 2. The molecule has 0 saturated carbocycles. The van der Waals surface area contributed by atoms with Crippen molar-refractivity contribution in [3.05, 3.63) is 66.0 Å². The predicted molar refractivity (Wildman–Crippen MR) is 105 cm³/mol. The minimum Gasteiger partial charge on any atom is -0.356 e. The van der Waals surface area contributed by atoms with Crippen molar-refractivity contribution < 1.29 is 14.3 Å². The average molecular weight is 378 g/mol. The van der Waals surface area contributed by atoms with Crippen molar-refractivity contribution >= 4 is 22.8 Å². The molecule has 144 valence electrons. The summed E-state index contributed by atoms with van der Waals surface area (Å²) in [6.07, 6.45) is -0.168. The van der Waals surface area contributed by atoms with E-state index in [-0.39, 0.29) is 18.4 Å². The molecule has 0 aliphatic carbocycles. The van der Waals surface area contributed by atoms with E-state index in [4.69, 9.17) is 4.74 Å². The fraction of sp³-hybridized carbons (Fsp3) is 0.286. The summed E-state index contributed by atoms with van der Waals surface area (Å²) in [4.78, 5) is 34.2. The van der Waals surface area contributed by atoms with Gasteiger partial charge < -0.3 is 19.9 Å². The number of hydrogen-bond donors (Lipinski definition) is 2. The third kappa shape index (κ3) is 3.61. The Morgan fingerprint density at radius 3 is 2.75 bits per heavy atom. The molecule has 2 heterocycles. The number of likely N-dealkylation sites (N-methyl/N-ethyl adjacent to an activating group) is 1. The molecule has 3 aromatic rings. The molecule has 28 heavy (non-hydrogen) atoms. The molecule has 2 aromatic carbocycles. The fourth-order valence-corrected chi connectivity index (χ4v) is 3.51. The van der Waals surface area contributed by atoms with Crippen molar-refractivity contribution in [1.82, 2.24) is 20.2 Å². The minimum atomic E-state index is -0.749. The number of rotatable bonds is 5. The molecule has 2 atom stereocenters. The van der Waals surface area contributed by atoms with Crippen LogP contribution in [0, 0.1) is 0 Å². The van der Waals surface area contributed by atoms with Gasteiger partial charge in [-0.15, -0.1) is 0 Å². The summed E-state index contributed by atoms with van der Waals surface area (Å²) in [5.74, 6) is 0.447. The maximum Gasteiger partial charge on any atom is 0.251 e. The van der Waals surface area contributed by atoms with E-state index >= 15 is 0 Å². The van der Waals surface area contributed by atoms with Gasteiger partial charge >= 0.3 is 0 Å². The highest BCUT2D eigenvalue weighted by Gasteiger charge is 2.39. The molecule has 1 fully saturated rings. The zero-order valence-electron chi connectivity index (χ0n) is 15.6. The van der Waals surface area contributed by atoms with Crippen LogP contribution >= 0.6 is 0 Å². The summed E-state index contributed by atoms with van der Waals surface area (Å²) in [5, 5.41) is 2.92. The average Bonchev–Trinajstić information content (AvgIpc) is 3.13. The summed E-state index contributed by atoms with van der Waals surface area (Å²) in [7, 11) is 1.71. The highest BCUT2D eigenvalue weighted by molar-refractivity contribution is 5.86. The van der Waals surface area contributed by atoms with Gasteiger partial charge in [-0.05, 0) is 17.7 Å². The van der Waals surface area contributed by atoms with Crippen LogP contribution in [0.1, 0.15) is 17.4 Å². The van der Waals surface area contributed by atoms with Crippen LogP contribution < -0.4 is 5.32 Å². The Kier molecular flexibility index (Phi) is 5.08. The Hall–Kier alpha value is -3.19. The molecule has 1 aliphatic rings. The number of aromatic amines is 1. The maximum atomic E-state index is 12.8. The number of para-hydroxylation sites is 2. The van der Waals surface area contributed by atoms with Crippen LogP contribution in [0.5, 0.6) is 0 Å². The number of amides is 2. The quantitative estimate of drug-likeness (QED) is 0.709. The van der Waals surface area contributed by atoms with Crippen LogP contribution in [-0.4, -0.2) is 53.0 Å². The van der Waals surface area contributed by atoms with E-state index in [1.54, 1.807) is 11.9 Å². The first-order valence-electron chi connectivity index (χ1n) is 9.27. The standard InChI is InChI=1S/C21H22N4O3/c1-25-18(26)13-28-20(19(25)14-7-3-2-4-8-14)21(27)22-12-11-17-23-15-9-5-6-10-16(15)24-17/h2-10,19-20H,11-13H2,1H3,(H,22,27)(H,23,24). The number of carbonyl (C=O) groups excluding carboxylic acids is 2. The lowest BCUT2D eigenvalue weighted by Crippen LogP contribution is -2.53. The van der Waals surface area contributed by atoms with E-state index in [1.807, 2.05) is 54.6 Å². The number of fused-ring (bicyclic) bond motifs is 1. The predicted octanol–water partition coefficient (Wildman–Crippen LogP) is 1.82. The molecular formula is C21H22N4O3. The molecule has 2 amide bonds. The number of ether oxygens (including phenoxy) is 1. The van der Waals surface area contributed by atoms with E-state index in [0.29, 0.717) is 13.0 Å². The van der Waals surface area contributed by atoms with Gasteiger partial charge in [0.15, 0.2) is 6.10 Å². The van der Waals surface area contributed by atoms with E-state index in [0.717, 1.165) is 22.4 Å². The summed E-state index contributed by atoms with van der Waals surface area (Å²) in [5.41, 5.74) is 2.75. The fourth-order valence-electron chi connectivity index (χ4n) is 3.51. The van der Waals surface area contributed by atoms with Gasteiger partial charge in [-0.3, -0.25) is 9.59 Å². The van der Waals surface area contributed by atoms with Crippen LogP contribution in [-0.2, 0) is 20.7 Å². The van der Waals surface area contributed by atoms with Gasteiger partial charge in [-0.25, -0.2) is 4.98 Å². The molecule has 4 rings (SSSR count). The van der Waals surface area contributed by atoms with Crippen molar-refractivity contribution in [2.75, 3.05) is 20.2 Å². The topological polar surface area (TPSA) is 87.3 Å². The van der Waals surface area contributed by atoms with Crippen LogP contribution in [0.2, 0.25) is 0 Å². The summed E-state index contributed by atoms with van der Waals surface area (Å²) < 4.78 is 5.61. The number of hydrogen-bond acceptors (Lipinski definition) is 4. The first kappa shape index (κ1) is 18.2. The molecule has 1 aliphatic heterocycles. The number of morpholine rings is 1. The van der Waals surface area contributed by atoms with Crippen LogP contribution in [0.3, 0.4) is 0 Å². The van der Waals surface area contributed by atoms with Gasteiger partial charge in [0.25, 0.3) is 5.91 Å². The Bertz CT molecular complexity index is 952. The van der Waals surface area contributed by atoms with E-state index < -0.39 is 12.1 Å². The summed E-state index contributed by atoms with van der Waals surface area (Å²) >= 11 is 0. The smallest absolute Gasteiger partial charge is 0.251 e. The van der Waals surface area contributed by atoms with Gasteiger partial charge in [-0.2, -0.15) is 0 Å². The Morgan fingerprint density at radius 1 is 1.21 bits per heavy atom. The van der Waals surface area contributed by atoms with Gasteiger partial charge in [0.05, 0.1) is 17.1 Å². The van der Waals surface area contributed by atoms with Crippen molar-refractivity contribution in [2.24, 2.45) is 0 Å². The Morgan fingerprint density at radius 2 is 1.96 bits per heavy atom. The van der Waals surface area contributed by atoms with E-state index in [1.165, 1.54) is 0 Å². The third-order valence-electron chi connectivity index (χ3n) is 4.98. The molecule has 1 saturated heterocycles. The van der Waals surface area contributed by atoms with Gasteiger partial charge in [0.2, 0.25) is 5.91 Å². The first-order valence-corrected chi connectivity index (χ1v) is 9.27. The van der Waals surface area contributed by atoms with E-state index in [9.17, 15) is 9.59 Å². The highest BCUT2D eigenvalue weighted by atomic mass is 16.5. The zero-order valence-corrected chi connectivity index (χ0v) is 15.6. The number of nitrogens with one attached hydrogen (secondary N) is 2. The second-order valence-electron chi connectivity index (χ2n) is 6.83. The monoisotopic (exact) mass is 378 g/mol. The van der Waals surface area contributed by atoms with Crippen LogP contribution in [0.4, 0.5) is 0 Å². The number of benzene rings is 2. The largest absolute Gasteiger partial charge is 0.356 e. The highest BCUT2D eigenvalue weighted by Crippen LogP contribution is 2.29. The SMILES string of the molecule is CN1C(=O)COC(C(=O)NCCc2nc3ccccc3[nH]2)C1c1ccccc1. The zero-order chi connectivity index (χ0) is 19.5. The Balaban J connectivity index is 1.42. The summed E-state index contributed by atoms with van der Waals surface area (Å²) in [6.45, 7) is 0.333. The van der Waals surface area contributed by atoms with Crippen molar-refractivity contribution in [2.45, 2.75) is 18.6 Å². The third-order valence-corrected chi connectivity index (χ3v) is 4.98. The van der Waals surface area contributed by atoms with Crippen molar-refractivity contribution in [1.29, 1.82) is 0 Å². The molecular weight excluding hydrogens is 356 g/mol. The van der Waals surface area contributed by atoms with Crippen LogP contribution in [0.15, 0.2) is 54.6 Å². The number of aromatic nitrogens is 2. The molecule has 0 radical (unpaired) electrons. The lowest BCUT2D eigenvalue weighted by Gasteiger charge is -2.38. The summed E-state index contributed by atoms with van der Waals surface area (Å²) in [6, 6.07) is 16.8. The molecule has 1 aromatic heterocycles. The normalized spacial score (nSPS) is 19.8. The number of nitrogens with zero attached hydrogens (tertiary/aromatic N) is 2.